The largest absolute Gasteiger partial charge is 0.310 e. The van der Waals surface area contributed by atoms with Gasteiger partial charge in [0.15, 0.2) is 0 Å². The van der Waals surface area contributed by atoms with Gasteiger partial charge >= 0.3 is 0 Å². The van der Waals surface area contributed by atoms with Crippen LogP contribution in [0.15, 0.2) is 170 Å². The highest BCUT2D eigenvalue weighted by atomic mass is 15.1. The van der Waals surface area contributed by atoms with Crippen molar-refractivity contribution in [3.63, 3.8) is 0 Å². The zero-order chi connectivity index (χ0) is 34.8. The van der Waals surface area contributed by atoms with Crippen LogP contribution >= 0.6 is 0 Å². The molecule has 0 unspecified atom stereocenters. The van der Waals surface area contributed by atoms with E-state index in [9.17, 15) is 0 Å². The third kappa shape index (κ3) is 4.77. The van der Waals surface area contributed by atoms with Crippen LogP contribution in [0.3, 0.4) is 0 Å². The van der Waals surface area contributed by atoms with E-state index in [1.165, 1.54) is 82.9 Å². The number of hydrogen-bond donors (Lipinski definition) is 0. The number of hydrogen-bond acceptors (Lipinski definition) is 1. The summed E-state index contributed by atoms with van der Waals surface area (Å²) in [6.45, 7) is 4.74. The summed E-state index contributed by atoms with van der Waals surface area (Å²) in [6.07, 6.45) is 6.78. The van der Waals surface area contributed by atoms with Gasteiger partial charge in [0.05, 0.1) is 5.69 Å². The van der Waals surface area contributed by atoms with E-state index in [1.807, 2.05) is 0 Å². The number of nitrogens with zero attached hydrogens (tertiary/aromatic N) is 1. The molecule has 0 saturated heterocycles. The highest BCUT2D eigenvalue weighted by Crippen LogP contribution is 2.52. The summed E-state index contributed by atoms with van der Waals surface area (Å²) in [5, 5.41) is 5.10. The van der Waals surface area contributed by atoms with Crippen molar-refractivity contribution < 1.29 is 0 Å². The molecule has 0 saturated carbocycles. The van der Waals surface area contributed by atoms with Crippen molar-refractivity contribution in [3.05, 3.63) is 192 Å². The molecule has 0 aromatic heterocycles. The fourth-order valence-electron chi connectivity index (χ4n) is 8.99. The van der Waals surface area contributed by atoms with E-state index in [1.54, 1.807) is 0 Å². The van der Waals surface area contributed by atoms with Gasteiger partial charge in [-0.1, -0.05) is 153 Å². The minimum Gasteiger partial charge on any atom is -0.310 e. The smallest absolute Gasteiger partial charge is 0.0546 e. The summed E-state index contributed by atoms with van der Waals surface area (Å²) in [4.78, 5) is 2.50. The molecule has 2 aliphatic carbocycles. The number of benzene rings is 8. The van der Waals surface area contributed by atoms with E-state index in [-0.39, 0.29) is 5.41 Å². The highest BCUT2D eigenvalue weighted by molar-refractivity contribution is 6.06. The first-order chi connectivity index (χ1) is 25.6. The summed E-state index contributed by atoms with van der Waals surface area (Å²) in [7, 11) is 0. The molecule has 1 heteroatoms. The molecule has 0 N–H and O–H groups in total. The van der Waals surface area contributed by atoms with E-state index in [4.69, 9.17) is 0 Å². The van der Waals surface area contributed by atoms with Crippen molar-refractivity contribution in [1.82, 2.24) is 0 Å². The topological polar surface area (TPSA) is 3.24 Å². The molecular formula is C51H39N. The number of allylic oxidation sites excluding steroid dienone is 1. The number of fused-ring (bicyclic) bond motifs is 7. The first kappa shape index (κ1) is 30.6. The van der Waals surface area contributed by atoms with Crippen molar-refractivity contribution in [2.24, 2.45) is 0 Å². The second-order valence-electron chi connectivity index (χ2n) is 14.8. The van der Waals surface area contributed by atoms with E-state index >= 15 is 0 Å². The van der Waals surface area contributed by atoms with Gasteiger partial charge in [-0.15, -0.1) is 0 Å². The SMILES string of the molecule is CC1(C)c2ccccc2-c2ccc(N(c3cccc(-c4cc5ccccc5c5c4CCC=C5)c3)c3ccc4ccccc4c3-c3ccccc3)cc21. The average Bonchev–Trinajstić information content (AvgIpc) is 3.43. The monoisotopic (exact) mass is 665 g/mol. The minimum atomic E-state index is -0.112. The summed E-state index contributed by atoms with van der Waals surface area (Å²) in [5.41, 5.74) is 16.6. The molecule has 0 heterocycles. The molecule has 0 bridgehead atoms. The lowest BCUT2D eigenvalue weighted by molar-refractivity contribution is 0.660. The Morgan fingerprint density at radius 1 is 0.500 bits per heavy atom. The van der Waals surface area contributed by atoms with Crippen LogP contribution in [0.1, 0.15) is 42.5 Å². The lowest BCUT2D eigenvalue weighted by Gasteiger charge is -2.31. The van der Waals surface area contributed by atoms with Gasteiger partial charge in [0, 0.05) is 22.4 Å². The van der Waals surface area contributed by atoms with Gasteiger partial charge in [-0.05, 0) is 121 Å². The highest BCUT2D eigenvalue weighted by Gasteiger charge is 2.36. The predicted octanol–water partition coefficient (Wildman–Crippen LogP) is 14.1. The molecule has 0 aliphatic heterocycles. The lowest BCUT2D eigenvalue weighted by atomic mass is 9.82. The van der Waals surface area contributed by atoms with E-state index < -0.39 is 0 Å². The van der Waals surface area contributed by atoms with Crippen LogP contribution in [0.4, 0.5) is 17.1 Å². The van der Waals surface area contributed by atoms with Crippen molar-refractivity contribution in [2.75, 3.05) is 4.90 Å². The third-order valence-electron chi connectivity index (χ3n) is 11.5. The summed E-state index contributed by atoms with van der Waals surface area (Å²) < 4.78 is 0. The molecule has 1 nitrogen and oxygen atoms in total. The second-order valence-corrected chi connectivity index (χ2v) is 14.8. The Hall–Kier alpha value is -6.18. The molecule has 0 atom stereocenters. The van der Waals surface area contributed by atoms with E-state index in [0.29, 0.717) is 0 Å². The Kier molecular flexibility index (Phi) is 7.05. The fraction of sp³-hybridized carbons (Fsp3) is 0.0980. The Balaban J connectivity index is 1.24. The molecule has 248 valence electrons. The maximum absolute atomic E-state index is 2.50. The molecule has 0 radical (unpaired) electrons. The quantitative estimate of drug-likeness (QED) is 0.177. The lowest BCUT2D eigenvalue weighted by Crippen LogP contribution is -2.17. The van der Waals surface area contributed by atoms with Gasteiger partial charge in [-0.2, -0.15) is 0 Å². The maximum Gasteiger partial charge on any atom is 0.0546 e. The molecule has 0 fully saturated rings. The van der Waals surface area contributed by atoms with Crippen molar-refractivity contribution in [1.29, 1.82) is 0 Å². The Morgan fingerprint density at radius 2 is 1.21 bits per heavy atom. The molecule has 52 heavy (non-hydrogen) atoms. The molecule has 0 spiro atoms. The standard InChI is InChI=1S/C51H39N/c1-51(2)47-26-13-12-25-44(47)45-29-28-39(33-48(45)51)52(49-30-27-34-15-6-9-22-41(34)50(49)35-16-4-3-5-17-35)38-20-14-19-36(31-38)46-32-37-18-7-8-21-40(37)42-23-10-11-24-43(42)46/h3-10,12-23,25-33H,11,24H2,1-2H3. The third-order valence-corrected chi connectivity index (χ3v) is 11.5. The maximum atomic E-state index is 2.50. The summed E-state index contributed by atoms with van der Waals surface area (Å²) in [5.74, 6) is 0. The van der Waals surface area contributed by atoms with Crippen molar-refractivity contribution >= 4 is 44.7 Å². The van der Waals surface area contributed by atoms with Crippen LogP contribution in [0.2, 0.25) is 0 Å². The van der Waals surface area contributed by atoms with Gasteiger partial charge in [0.1, 0.15) is 0 Å². The first-order valence-electron chi connectivity index (χ1n) is 18.5. The minimum absolute atomic E-state index is 0.112. The fourth-order valence-corrected chi connectivity index (χ4v) is 8.99. The Morgan fingerprint density at radius 3 is 2.10 bits per heavy atom. The van der Waals surface area contributed by atoms with Crippen LogP contribution in [0.25, 0.3) is 61.0 Å². The van der Waals surface area contributed by atoms with Crippen LogP contribution < -0.4 is 4.90 Å². The van der Waals surface area contributed by atoms with Gasteiger partial charge in [-0.3, -0.25) is 0 Å². The molecule has 10 rings (SSSR count). The average molecular weight is 666 g/mol. The van der Waals surface area contributed by atoms with E-state index in [0.717, 1.165) is 24.2 Å². The zero-order valence-electron chi connectivity index (χ0n) is 29.6. The van der Waals surface area contributed by atoms with Gasteiger partial charge in [0.25, 0.3) is 0 Å². The van der Waals surface area contributed by atoms with Crippen LogP contribution in [0.5, 0.6) is 0 Å². The van der Waals surface area contributed by atoms with Crippen LogP contribution in [-0.2, 0) is 11.8 Å². The Labute approximate surface area is 306 Å². The van der Waals surface area contributed by atoms with Crippen LogP contribution in [0, 0.1) is 0 Å². The van der Waals surface area contributed by atoms with E-state index in [2.05, 4.69) is 195 Å². The van der Waals surface area contributed by atoms with Gasteiger partial charge < -0.3 is 4.90 Å². The molecule has 0 amide bonds. The number of rotatable bonds is 5. The van der Waals surface area contributed by atoms with Crippen molar-refractivity contribution in [3.8, 4) is 33.4 Å². The number of anilines is 3. The summed E-state index contributed by atoms with van der Waals surface area (Å²) >= 11 is 0. The summed E-state index contributed by atoms with van der Waals surface area (Å²) in [6, 6.07) is 60.9. The second kappa shape index (κ2) is 12.0. The van der Waals surface area contributed by atoms with Gasteiger partial charge in [-0.25, -0.2) is 0 Å². The molecule has 8 aromatic rings. The molecule has 2 aliphatic rings. The first-order valence-corrected chi connectivity index (χ1v) is 18.5. The molecular weight excluding hydrogens is 627 g/mol. The molecule has 8 aromatic carbocycles. The zero-order valence-corrected chi connectivity index (χ0v) is 29.6. The normalized spacial score (nSPS) is 13.9. The Bertz CT molecular complexity index is 2710. The van der Waals surface area contributed by atoms with Crippen molar-refractivity contribution in [2.45, 2.75) is 32.1 Å². The van der Waals surface area contributed by atoms with Gasteiger partial charge in [0.2, 0.25) is 0 Å². The van der Waals surface area contributed by atoms with Crippen LogP contribution in [-0.4, -0.2) is 0 Å². The predicted molar refractivity (Wildman–Crippen MR) is 222 cm³/mol.